The minimum atomic E-state index is -0.347. The Hall–Kier alpha value is -5.92. The van der Waals surface area contributed by atoms with Gasteiger partial charge in [0.25, 0.3) is 11.5 Å². The summed E-state index contributed by atoms with van der Waals surface area (Å²) in [6.07, 6.45) is 14.4. The molecule has 1 aromatic heterocycles. The second-order valence-corrected chi connectivity index (χ2v) is 22.6. The molecule has 0 N–H and O–H groups in total. The number of amides is 1. The minimum absolute atomic E-state index is 0.00805. The van der Waals surface area contributed by atoms with Crippen LogP contribution in [0.5, 0.6) is 0 Å². The number of benzene rings is 5. The molecule has 3 aliphatic heterocycles. The van der Waals surface area contributed by atoms with E-state index in [0.29, 0.717) is 55.0 Å². The first-order valence-corrected chi connectivity index (χ1v) is 28.3. The molecule has 2 atom stereocenters. The predicted octanol–water partition coefficient (Wildman–Crippen LogP) is 12.5. The number of thiocarbonyl (C=S) groups is 1. The van der Waals surface area contributed by atoms with Gasteiger partial charge >= 0.3 is 5.97 Å². The first-order valence-electron chi connectivity index (χ1n) is 25.5. The van der Waals surface area contributed by atoms with Gasteiger partial charge in [0.1, 0.15) is 25.0 Å². The van der Waals surface area contributed by atoms with Crippen molar-refractivity contribution in [3.05, 3.63) is 191 Å². The van der Waals surface area contributed by atoms with Crippen molar-refractivity contribution in [2.45, 2.75) is 96.7 Å². The third-order valence-corrected chi connectivity index (χ3v) is 18.1. The number of carbonyl (C=O) groups excluding carboxylic acids is 2. The summed E-state index contributed by atoms with van der Waals surface area (Å²) in [6, 6.07) is 47.3. The fourth-order valence-corrected chi connectivity index (χ4v) is 14.5. The van der Waals surface area contributed by atoms with Crippen molar-refractivity contribution in [3.63, 3.8) is 0 Å². The summed E-state index contributed by atoms with van der Waals surface area (Å²) < 4.78 is 8.91. The molecular weight excluding hydrogens is 969 g/mol. The highest BCUT2D eigenvalue weighted by molar-refractivity contribution is 8.30. The maximum atomic E-state index is 14.8. The van der Waals surface area contributed by atoms with Gasteiger partial charge in [-0.25, -0.2) is 0 Å². The molecule has 0 radical (unpaired) electrons. The molecule has 6 aromatic rings. The van der Waals surface area contributed by atoms with Gasteiger partial charge < -0.3 is 14.5 Å². The zero-order valence-corrected chi connectivity index (χ0v) is 44.2. The number of fused-ring (bicyclic) bond motifs is 3. The van der Waals surface area contributed by atoms with Gasteiger partial charge in [-0.15, -0.1) is 11.3 Å². The fraction of sp³-hybridized carbons (Fsp3) is 0.300. The smallest absolute Gasteiger partial charge is 0.325 e. The van der Waals surface area contributed by atoms with E-state index in [1.54, 1.807) is 9.47 Å². The number of hydrogen-bond donors (Lipinski definition) is 0. The molecule has 368 valence electrons. The van der Waals surface area contributed by atoms with Crippen LogP contribution >= 0.6 is 47.1 Å². The van der Waals surface area contributed by atoms with Crippen molar-refractivity contribution in [2.75, 3.05) is 24.6 Å². The van der Waals surface area contributed by atoms with Crippen molar-refractivity contribution in [2.24, 2.45) is 0 Å². The van der Waals surface area contributed by atoms with E-state index in [2.05, 4.69) is 127 Å². The van der Waals surface area contributed by atoms with Gasteiger partial charge in [0.15, 0.2) is 0 Å². The lowest BCUT2D eigenvalue weighted by Gasteiger charge is -2.27. The fourth-order valence-electron chi connectivity index (χ4n) is 10.6. The average Bonchev–Trinajstić information content (AvgIpc) is 4.22. The topological polar surface area (TPSA) is 75.1 Å². The predicted molar refractivity (Wildman–Crippen MR) is 304 cm³/mol. The molecule has 5 aromatic carbocycles. The molecule has 1 amide bonds. The van der Waals surface area contributed by atoms with E-state index >= 15 is 0 Å². The van der Waals surface area contributed by atoms with Crippen LogP contribution in [-0.2, 0) is 27.4 Å². The van der Waals surface area contributed by atoms with Crippen LogP contribution in [0.15, 0.2) is 143 Å². The number of esters is 1. The Morgan fingerprint density at radius 3 is 2.17 bits per heavy atom. The van der Waals surface area contributed by atoms with Crippen molar-refractivity contribution in [1.82, 2.24) is 14.4 Å². The van der Waals surface area contributed by atoms with Crippen molar-refractivity contribution < 1.29 is 14.3 Å². The van der Waals surface area contributed by atoms with Crippen LogP contribution in [0.2, 0.25) is 0 Å². The highest BCUT2D eigenvalue weighted by atomic mass is 32.2. The van der Waals surface area contributed by atoms with Gasteiger partial charge in [-0.05, 0) is 102 Å². The number of ether oxygens (including phenoxy) is 1. The second-order valence-electron chi connectivity index (χ2n) is 18.9. The third kappa shape index (κ3) is 10.7. The first kappa shape index (κ1) is 49.6. The van der Waals surface area contributed by atoms with Crippen LogP contribution in [0.25, 0.3) is 27.7 Å². The van der Waals surface area contributed by atoms with Crippen molar-refractivity contribution >= 4 is 102 Å². The quantitative estimate of drug-likeness (QED) is 0.0384. The monoisotopic (exact) mass is 1030 g/mol. The number of thiazole rings is 1. The number of unbranched alkanes of at least 4 members (excludes halogenated alkanes) is 5. The lowest BCUT2D eigenvalue weighted by atomic mass is 9.95. The Labute approximate surface area is 440 Å². The summed E-state index contributed by atoms with van der Waals surface area (Å²) in [4.78, 5) is 50.0. The lowest BCUT2D eigenvalue weighted by Crippen LogP contribution is -2.36. The van der Waals surface area contributed by atoms with Crippen LogP contribution in [0.1, 0.15) is 111 Å². The lowest BCUT2D eigenvalue weighted by molar-refractivity contribution is -0.143. The molecule has 2 unspecified atom stereocenters. The Kier molecular flexibility index (Phi) is 15.8. The minimum Gasteiger partial charge on any atom is -0.465 e. The van der Waals surface area contributed by atoms with E-state index in [0.717, 1.165) is 66.5 Å². The Morgan fingerprint density at radius 2 is 1.46 bits per heavy atom. The highest BCUT2D eigenvalue weighted by Crippen LogP contribution is 2.53. The van der Waals surface area contributed by atoms with Gasteiger partial charge in [-0.2, -0.15) is 0 Å². The number of aromatic nitrogens is 1. The van der Waals surface area contributed by atoms with E-state index in [1.807, 2.05) is 42.2 Å². The number of nitrogens with zero attached hydrogens (tertiary/aromatic N) is 4. The van der Waals surface area contributed by atoms with Gasteiger partial charge in [-0.1, -0.05) is 190 Å². The molecule has 4 aliphatic rings. The second kappa shape index (κ2) is 22.9. The van der Waals surface area contributed by atoms with Gasteiger partial charge in [0.05, 0.1) is 24.7 Å². The summed E-state index contributed by atoms with van der Waals surface area (Å²) in [5.74, 6) is -0.101. The number of anilines is 2. The van der Waals surface area contributed by atoms with Gasteiger partial charge in [-0.3, -0.25) is 23.9 Å². The largest absolute Gasteiger partial charge is 0.465 e. The van der Waals surface area contributed by atoms with E-state index in [4.69, 9.17) is 17.0 Å². The Morgan fingerprint density at radius 1 is 0.778 bits per heavy atom. The molecule has 1 saturated carbocycles. The molecule has 3 fully saturated rings. The third-order valence-electron chi connectivity index (χ3n) is 14.0. The highest BCUT2D eigenvalue weighted by Gasteiger charge is 2.42. The maximum absolute atomic E-state index is 14.8. The average molecular weight is 1030 g/mol. The van der Waals surface area contributed by atoms with Crippen LogP contribution in [0.3, 0.4) is 0 Å². The standard InChI is InChI=1S/C60H60N4O4S4/c1-3-5-6-7-8-18-34-62-56(66)54(71-59(62)55-57(67)63(60(69)72-55)38-42-20-12-9-13-21-42)58-61(40-53(65)68-4-2)39-47(70-58)35-43-30-33-52-50(37-43)48-26-19-27-51(48)64(52)46-31-28-41(29-32-46)36-49(44-22-14-10-15-23-44)45-24-16-11-17-25-45/h9-17,20-25,28-33,35-37,48,51H,3-8,18-19,26-27,34,38-40H2,1-2H3/b47-35-,58-54+,59-55+. The van der Waals surface area contributed by atoms with E-state index in [9.17, 15) is 14.4 Å². The molecule has 0 spiro atoms. The zero-order valence-electron chi connectivity index (χ0n) is 41.0. The summed E-state index contributed by atoms with van der Waals surface area (Å²) >= 11 is 9.97. The van der Waals surface area contributed by atoms with Gasteiger partial charge in [0, 0.05) is 34.8 Å². The number of hydrogen-bond acceptors (Lipinski definition) is 10. The molecule has 0 bridgehead atoms. The number of rotatable bonds is 17. The van der Waals surface area contributed by atoms with E-state index in [1.165, 1.54) is 81.3 Å². The first-order chi connectivity index (χ1) is 35.3. The molecule has 8 nitrogen and oxygen atoms in total. The van der Waals surface area contributed by atoms with Crippen molar-refractivity contribution in [1.29, 1.82) is 0 Å². The number of carbonyl (C=O) groups is 2. The maximum Gasteiger partial charge on any atom is 0.325 e. The summed E-state index contributed by atoms with van der Waals surface area (Å²) in [5.41, 5.74) is 10.5. The molecule has 2 saturated heterocycles. The van der Waals surface area contributed by atoms with Crippen LogP contribution < -0.4 is 19.7 Å². The molecule has 72 heavy (non-hydrogen) atoms. The SMILES string of the molecule is CCCCCCCCn1c(=O)/c(=C2\S/C(=C\c3ccc4c(c3)C3CCCC3N4c3ccc(C=C(c4ccccc4)c4ccccc4)cc3)CN2CC(=O)OCC)s/c1=C1/SC(=S)N(Cc2ccccc2)C1=O. The van der Waals surface area contributed by atoms with Crippen molar-refractivity contribution in [3.8, 4) is 0 Å². The summed E-state index contributed by atoms with van der Waals surface area (Å²) in [5, 5.41) is 0.716. The number of thioether (sulfide) groups is 2. The summed E-state index contributed by atoms with van der Waals surface area (Å²) in [6.45, 7) is 5.60. The summed E-state index contributed by atoms with van der Waals surface area (Å²) in [7, 11) is 0. The normalized spacial score (nSPS) is 19.4. The Balaban J connectivity index is 0.974. The zero-order chi connectivity index (χ0) is 49.6. The Bertz CT molecular complexity index is 3160. The van der Waals surface area contributed by atoms with Crippen LogP contribution in [0.4, 0.5) is 11.4 Å². The molecular formula is C60H60N4O4S4. The van der Waals surface area contributed by atoms with E-state index < -0.39 is 0 Å². The van der Waals surface area contributed by atoms with Gasteiger partial charge in [0.2, 0.25) is 0 Å². The van der Waals surface area contributed by atoms with Crippen LogP contribution in [-0.4, -0.2) is 56.3 Å². The molecule has 12 heteroatoms. The van der Waals surface area contributed by atoms with E-state index in [-0.39, 0.29) is 30.6 Å². The van der Waals surface area contributed by atoms with Crippen LogP contribution in [0, 0.1) is 0 Å². The molecule has 1 aliphatic carbocycles. The molecule has 10 rings (SSSR count). The molecule has 4 heterocycles.